The maximum absolute atomic E-state index is 13.2. The van der Waals surface area contributed by atoms with Crippen LogP contribution in [0.25, 0.3) is 0 Å². The van der Waals surface area contributed by atoms with Crippen LogP contribution in [0.1, 0.15) is 32.3 Å². The second-order valence-electron chi connectivity index (χ2n) is 4.25. The summed E-state index contributed by atoms with van der Waals surface area (Å²) < 4.78 is 14.0. The van der Waals surface area contributed by atoms with Crippen molar-refractivity contribution in [2.45, 2.75) is 38.8 Å². The Kier molecular flexibility index (Phi) is 5.90. The fraction of sp³-hybridized carbons (Fsp3) is 0.538. The van der Waals surface area contributed by atoms with Crippen molar-refractivity contribution < 1.29 is 4.39 Å². The Hall–Kier alpha value is -0.120. The summed E-state index contributed by atoms with van der Waals surface area (Å²) in [4.78, 5) is 0. The van der Waals surface area contributed by atoms with Crippen LogP contribution >= 0.6 is 27.5 Å². The Morgan fingerprint density at radius 2 is 1.94 bits per heavy atom. The van der Waals surface area contributed by atoms with Crippen LogP contribution in [0.2, 0.25) is 0 Å². The number of rotatable bonds is 6. The van der Waals surface area contributed by atoms with Gasteiger partial charge in [0.25, 0.3) is 0 Å². The lowest BCUT2D eigenvalue weighted by Crippen LogP contribution is -2.45. The van der Waals surface area contributed by atoms with Crippen LogP contribution in [0, 0.1) is 5.82 Å². The molecule has 1 aromatic rings. The van der Waals surface area contributed by atoms with Gasteiger partial charge in [0.05, 0.1) is 0 Å². The van der Waals surface area contributed by atoms with Crippen molar-refractivity contribution in [1.82, 2.24) is 5.32 Å². The summed E-state index contributed by atoms with van der Waals surface area (Å²) in [5.74, 6) is 0.344. The van der Waals surface area contributed by atoms with E-state index in [-0.39, 0.29) is 11.4 Å². The van der Waals surface area contributed by atoms with E-state index in [1.165, 1.54) is 6.07 Å². The average Bonchev–Trinajstić information content (AvgIpc) is 2.30. The molecule has 0 heterocycles. The van der Waals surface area contributed by atoms with Crippen molar-refractivity contribution in [3.05, 3.63) is 34.1 Å². The SMILES string of the molecule is CCC(CC)(CCl)NCc1cc(F)cc(Br)c1. The molecule has 1 nitrogen and oxygen atoms in total. The van der Waals surface area contributed by atoms with Gasteiger partial charge in [-0.3, -0.25) is 0 Å². The van der Waals surface area contributed by atoms with Crippen molar-refractivity contribution in [3.63, 3.8) is 0 Å². The molecule has 0 atom stereocenters. The van der Waals surface area contributed by atoms with Gasteiger partial charge >= 0.3 is 0 Å². The van der Waals surface area contributed by atoms with E-state index in [4.69, 9.17) is 11.6 Å². The summed E-state index contributed by atoms with van der Waals surface area (Å²) in [6.45, 7) is 4.85. The second kappa shape index (κ2) is 6.72. The van der Waals surface area contributed by atoms with Crippen molar-refractivity contribution in [1.29, 1.82) is 0 Å². The van der Waals surface area contributed by atoms with Crippen LogP contribution in [0.5, 0.6) is 0 Å². The van der Waals surface area contributed by atoms with Crippen LogP contribution in [-0.2, 0) is 6.54 Å². The third-order valence-corrected chi connectivity index (χ3v) is 4.17. The average molecular weight is 323 g/mol. The van der Waals surface area contributed by atoms with Gasteiger partial charge in [0, 0.05) is 22.4 Å². The molecule has 96 valence electrons. The number of hydrogen-bond acceptors (Lipinski definition) is 1. The van der Waals surface area contributed by atoms with E-state index in [9.17, 15) is 4.39 Å². The highest BCUT2D eigenvalue weighted by atomic mass is 79.9. The van der Waals surface area contributed by atoms with Gasteiger partial charge in [-0.2, -0.15) is 0 Å². The molecule has 0 radical (unpaired) electrons. The van der Waals surface area contributed by atoms with E-state index in [0.29, 0.717) is 12.4 Å². The fourth-order valence-corrected chi connectivity index (χ4v) is 2.72. The zero-order valence-electron chi connectivity index (χ0n) is 10.2. The molecule has 0 fully saturated rings. The molecular weight excluding hydrogens is 305 g/mol. The molecule has 0 saturated heterocycles. The highest BCUT2D eigenvalue weighted by Crippen LogP contribution is 2.19. The zero-order chi connectivity index (χ0) is 12.9. The quantitative estimate of drug-likeness (QED) is 0.762. The smallest absolute Gasteiger partial charge is 0.124 e. The van der Waals surface area contributed by atoms with Gasteiger partial charge < -0.3 is 5.32 Å². The minimum Gasteiger partial charge on any atom is -0.306 e. The fourth-order valence-electron chi connectivity index (χ4n) is 1.74. The first kappa shape index (κ1) is 14.9. The Bertz CT molecular complexity index is 338. The van der Waals surface area contributed by atoms with Gasteiger partial charge in [-0.25, -0.2) is 4.39 Å². The molecule has 0 saturated carbocycles. The summed E-state index contributed by atoms with van der Waals surface area (Å²) in [6, 6.07) is 4.92. The van der Waals surface area contributed by atoms with Crippen LogP contribution in [-0.4, -0.2) is 11.4 Å². The topological polar surface area (TPSA) is 12.0 Å². The lowest BCUT2D eigenvalue weighted by molar-refractivity contribution is 0.334. The Morgan fingerprint density at radius 1 is 1.29 bits per heavy atom. The number of nitrogens with one attached hydrogen (secondary N) is 1. The largest absolute Gasteiger partial charge is 0.306 e. The first-order chi connectivity index (χ1) is 8.05. The highest BCUT2D eigenvalue weighted by Gasteiger charge is 2.23. The standard InChI is InChI=1S/C13H18BrClFN/c1-3-13(4-2,9-15)17-8-10-5-11(14)7-12(16)6-10/h5-7,17H,3-4,8-9H2,1-2H3. The maximum atomic E-state index is 13.2. The summed E-state index contributed by atoms with van der Waals surface area (Å²) in [5.41, 5.74) is 0.869. The Balaban J connectivity index is 2.71. The number of alkyl halides is 1. The van der Waals surface area contributed by atoms with Crippen LogP contribution in [0.4, 0.5) is 4.39 Å². The predicted octanol–water partition coefficient (Wildman–Crippen LogP) is 4.48. The molecule has 0 aliphatic rings. The molecule has 4 heteroatoms. The third kappa shape index (κ3) is 4.23. The molecular formula is C13H18BrClFN. The minimum absolute atomic E-state index is 0.0552. The number of halogens is 3. The van der Waals surface area contributed by atoms with Gasteiger partial charge in [-0.15, -0.1) is 11.6 Å². The van der Waals surface area contributed by atoms with Gasteiger partial charge in [0.15, 0.2) is 0 Å². The molecule has 1 N–H and O–H groups in total. The Labute approximate surface area is 116 Å². The van der Waals surface area contributed by atoms with Crippen LogP contribution in [0.3, 0.4) is 0 Å². The van der Waals surface area contributed by atoms with Crippen molar-refractivity contribution in [2.24, 2.45) is 0 Å². The van der Waals surface area contributed by atoms with E-state index in [1.807, 2.05) is 6.07 Å². The lowest BCUT2D eigenvalue weighted by Gasteiger charge is -2.31. The monoisotopic (exact) mass is 321 g/mol. The van der Waals surface area contributed by atoms with Crippen LogP contribution in [0.15, 0.2) is 22.7 Å². The number of benzene rings is 1. The molecule has 0 aliphatic carbocycles. The van der Waals surface area contributed by atoms with E-state index in [0.717, 1.165) is 22.9 Å². The molecule has 0 aromatic heterocycles. The second-order valence-corrected chi connectivity index (χ2v) is 5.44. The predicted molar refractivity (Wildman–Crippen MR) is 75.0 cm³/mol. The van der Waals surface area contributed by atoms with E-state index >= 15 is 0 Å². The van der Waals surface area contributed by atoms with Gasteiger partial charge in [-0.1, -0.05) is 29.8 Å². The molecule has 0 amide bonds. The summed E-state index contributed by atoms with van der Waals surface area (Å²) in [5, 5.41) is 3.43. The van der Waals surface area contributed by atoms with Gasteiger partial charge in [0.2, 0.25) is 0 Å². The lowest BCUT2D eigenvalue weighted by atomic mass is 9.95. The summed E-state index contributed by atoms with van der Waals surface area (Å²) >= 11 is 9.30. The molecule has 17 heavy (non-hydrogen) atoms. The van der Waals surface area contributed by atoms with Gasteiger partial charge in [-0.05, 0) is 36.6 Å². The number of hydrogen-bond donors (Lipinski definition) is 1. The zero-order valence-corrected chi connectivity index (χ0v) is 12.5. The van der Waals surface area contributed by atoms with E-state index < -0.39 is 0 Å². The first-order valence-electron chi connectivity index (χ1n) is 5.81. The van der Waals surface area contributed by atoms with Crippen molar-refractivity contribution >= 4 is 27.5 Å². The van der Waals surface area contributed by atoms with E-state index in [2.05, 4.69) is 35.1 Å². The highest BCUT2D eigenvalue weighted by molar-refractivity contribution is 9.10. The molecule has 0 unspecified atom stereocenters. The van der Waals surface area contributed by atoms with Crippen LogP contribution < -0.4 is 5.32 Å². The minimum atomic E-state index is -0.222. The van der Waals surface area contributed by atoms with Crippen molar-refractivity contribution in [2.75, 3.05) is 5.88 Å². The third-order valence-electron chi connectivity index (χ3n) is 3.20. The summed E-state index contributed by atoms with van der Waals surface area (Å²) in [7, 11) is 0. The van der Waals surface area contributed by atoms with E-state index in [1.54, 1.807) is 6.07 Å². The van der Waals surface area contributed by atoms with Gasteiger partial charge in [0.1, 0.15) is 5.82 Å². The normalized spacial score (nSPS) is 11.8. The maximum Gasteiger partial charge on any atom is 0.124 e. The Morgan fingerprint density at radius 3 is 2.41 bits per heavy atom. The molecule has 1 aromatic carbocycles. The van der Waals surface area contributed by atoms with Crippen molar-refractivity contribution in [3.8, 4) is 0 Å². The first-order valence-corrected chi connectivity index (χ1v) is 7.14. The summed E-state index contributed by atoms with van der Waals surface area (Å²) in [6.07, 6.45) is 1.92. The molecule has 1 rings (SSSR count). The molecule has 0 spiro atoms. The molecule has 0 aliphatic heterocycles. The molecule has 0 bridgehead atoms.